The molecule has 6 nitrogen and oxygen atoms in total. The topological polar surface area (TPSA) is 76.1 Å². The zero-order valence-electron chi connectivity index (χ0n) is 16.3. The van der Waals surface area contributed by atoms with Gasteiger partial charge in [-0.3, -0.25) is 4.79 Å². The minimum atomic E-state index is -0.0979. The standard InChI is InChI=1S/C21H24N4O2/c1-12(2)23-21-22-11-15-9-17(20(27-5)10-19(15)25-21)16-7-6-8-18(13(16)3)24-14(4)26/h6-12H,1-5H3,(H,24,26)(H,22,23,25). The summed E-state index contributed by atoms with van der Waals surface area (Å²) in [6.45, 7) is 7.57. The van der Waals surface area contributed by atoms with Gasteiger partial charge in [0.2, 0.25) is 11.9 Å². The molecule has 0 spiro atoms. The van der Waals surface area contributed by atoms with Gasteiger partial charge < -0.3 is 15.4 Å². The lowest BCUT2D eigenvalue weighted by Crippen LogP contribution is -2.12. The third kappa shape index (κ3) is 4.00. The molecule has 27 heavy (non-hydrogen) atoms. The van der Waals surface area contributed by atoms with Crippen LogP contribution in [0.4, 0.5) is 11.6 Å². The quantitative estimate of drug-likeness (QED) is 0.702. The Labute approximate surface area is 159 Å². The summed E-state index contributed by atoms with van der Waals surface area (Å²) in [6, 6.07) is 10.0. The summed E-state index contributed by atoms with van der Waals surface area (Å²) in [6.07, 6.45) is 1.81. The molecule has 0 saturated carbocycles. The summed E-state index contributed by atoms with van der Waals surface area (Å²) in [5, 5.41) is 7.00. The highest BCUT2D eigenvalue weighted by molar-refractivity contribution is 5.93. The maximum atomic E-state index is 11.5. The number of nitrogens with zero attached hydrogens (tertiary/aromatic N) is 2. The molecule has 0 bridgehead atoms. The summed E-state index contributed by atoms with van der Waals surface area (Å²) in [5.41, 5.74) is 4.50. The number of carbonyl (C=O) groups excluding carboxylic acids is 1. The van der Waals surface area contributed by atoms with E-state index in [9.17, 15) is 4.79 Å². The van der Waals surface area contributed by atoms with Gasteiger partial charge in [-0.25, -0.2) is 9.97 Å². The first-order chi connectivity index (χ1) is 12.9. The number of fused-ring (bicyclic) bond motifs is 1. The number of benzene rings is 2. The van der Waals surface area contributed by atoms with E-state index >= 15 is 0 Å². The van der Waals surface area contributed by atoms with Crippen molar-refractivity contribution in [3.8, 4) is 16.9 Å². The molecule has 1 heterocycles. The van der Waals surface area contributed by atoms with Crippen LogP contribution >= 0.6 is 0 Å². The van der Waals surface area contributed by atoms with Crippen molar-refractivity contribution >= 4 is 28.4 Å². The van der Waals surface area contributed by atoms with Gasteiger partial charge >= 0.3 is 0 Å². The average Bonchev–Trinajstić information content (AvgIpc) is 2.61. The fraction of sp³-hybridized carbons (Fsp3) is 0.286. The van der Waals surface area contributed by atoms with Crippen LogP contribution in [-0.2, 0) is 4.79 Å². The summed E-state index contributed by atoms with van der Waals surface area (Å²) in [4.78, 5) is 20.4. The first-order valence-corrected chi connectivity index (χ1v) is 8.88. The summed E-state index contributed by atoms with van der Waals surface area (Å²) < 4.78 is 5.64. The largest absolute Gasteiger partial charge is 0.496 e. The van der Waals surface area contributed by atoms with E-state index in [0.717, 1.165) is 39.0 Å². The number of hydrogen-bond donors (Lipinski definition) is 2. The number of nitrogens with one attached hydrogen (secondary N) is 2. The predicted octanol–water partition coefficient (Wildman–Crippen LogP) is 4.39. The Morgan fingerprint density at radius 1 is 1.19 bits per heavy atom. The highest BCUT2D eigenvalue weighted by Gasteiger charge is 2.14. The fourth-order valence-electron chi connectivity index (χ4n) is 3.02. The van der Waals surface area contributed by atoms with Crippen molar-refractivity contribution in [3.05, 3.63) is 42.1 Å². The second-order valence-electron chi connectivity index (χ2n) is 6.76. The van der Waals surface area contributed by atoms with E-state index in [1.165, 1.54) is 6.92 Å². The van der Waals surface area contributed by atoms with Gasteiger partial charge in [0, 0.05) is 41.9 Å². The highest BCUT2D eigenvalue weighted by atomic mass is 16.5. The Morgan fingerprint density at radius 2 is 1.96 bits per heavy atom. The minimum Gasteiger partial charge on any atom is -0.496 e. The van der Waals surface area contributed by atoms with E-state index in [-0.39, 0.29) is 11.9 Å². The van der Waals surface area contributed by atoms with Crippen LogP contribution in [0.3, 0.4) is 0 Å². The number of rotatable bonds is 5. The molecule has 140 valence electrons. The maximum absolute atomic E-state index is 11.5. The molecular formula is C21H24N4O2. The molecule has 0 aliphatic carbocycles. The molecule has 0 radical (unpaired) electrons. The van der Waals surface area contributed by atoms with Crippen molar-refractivity contribution in [1.29, 1.82) is 0 Å². The molecule has 6 heteroatoms. The van der Waals surface area contributed by atoms with Crippen LogP contribution in [0, 0.1) is 6.92 Å². The second-order valence-corrected chi connectivity index (χ2v) is 6.76. The Balaban J connectivity index is 2.13. The van der Waals surface area contributed by atoms with Crippen LogP contribution in [0.5, 0.6) is 5.75 Å². The summed E-state index contributed by atoms with van der Waals surface area (Å²) >= 11 is 0. The SMILES string of the molecule is COc1cc2nc(NC(C)C)ncc2cc1-c1cccc(NC(C)=O)c1C. The lowest BCUT2D eigenvalue weighted by atomic mass is 9.97. The van der Waals surface area contributed by atoms with Crippen LogP contribution in [0.15, 0.2) is 36.5 Å². The molecule has 0 aliphatic heterocycles. The minimum absolute atomic E-state index is 0.0979. The first kappa shape index (κ1) is 18.6. The first-order valence-electron chi connectivity index (χ1n) is 8.88. The van der Waals surface area contributed by atoms with E-state index in [0.29, 0.717) is 5.95 Å². The molecule has 0 saturated heterocycles. The lowest BCUT2D eigenvalue weighted by Gasteiger charge is -2.16. The van der Waals surface area contributed by atoms with Gasteiger partial charge in [0.15, 0.2) is 0 Å². The number of anilines is 2. The fourth-order valence-corrected chi connectivity index (χ4v) is 3.02. The van der Waals surface area contributed by atoms with E-state index in [1.807, 2.05) is 57.3 Å². The number of methoxy groups -OCH3 is 1. The number of aromatic nitrogens is 2. The molecular weight excluding hydrogens is 340 g/mol. The van der Waals surface area contributed by atoms with Crippen LogP contribution in [-0.4, -0.2) is 29.0 Å². The van der Waals surface area contributed by atoms with Crippen molar-refractivity contribution in [1.82, 2.24) is 9.97 Å². The van der Waals surface area contributed by atoms with Crippen LogP contribution in [0.2, 0.25) is 0 Å². The Kier molecular flexibility index (Phi) is 5.26. The van der Waals surface area contributed by atoms with Crippen molar-refractivity contribution in [2.45, 2.75) is 33.7 Å². The molecule has 1 amide bonds. The number of carbonyl (C=O) groups is 1. The molecule has 0 aliphatic rings. The zero-order chi connectivity index (χ0) is 19.6. The zero-order valence-corrected chi connectivity index (χ0v) is 16.3. The summed E-state index contributed by atoms with van der Waals surface area (Å²) in [5.74, 6) is 1.22. The lowest BCUT2D eigenvalue weighted by molar-refractivity contribution is -0.114. The average molecular weight is 364 g/mol. The molecule has 0 fully saturated rings. The van der Waals surface area contributed by atoms with Gasteiger partial charge in [-0.05, 0) is 44.0 Å². The molecule has 3 rings (SSSR count). The third-order valence-electron chi connectivity index (χ3n) is 4.25. The molecule has 3 aromatic rings. The van der Waals surface area contributed by atoms with Crippen LogP contribution in [0.25, 0.3) is 22.0 Å². The van der Waals surface area contributed by atoms with E-state index in [2.05, 4.69) is 20.6 Å². The third-order valence-corrected chi connectivity index (χ3v) is 4.25. The van der Waals surface area contributed by atoms with E-state index in [1.54, 1.807) is 7.11 Å². The van der Waals surface area contributed by atoms with Crippen molar-refractivity contribution in [2.24, 2.45) is 0 Å². The molecule has 0 atom stereocenters. The number of hydrogen-bond acceptors (Lipinski definition) is 5. The second kappa shape index (κ2) is 7.61. The van der Waals surface area contributed by atoms with E-state index in [4.69, 9.17) is 4.74 Å². The van der Waals surface area contributed by atoms with Crippen molar-refractivity contribution < 1.29 is 9.53 Å². The molecule has 0 unspecified atom stereocenters. The monoisotopic (exact) mass is 364 g/mol. The Bertz CT molecular complexity index is 999. The molecule has 1 aromatic heterocycles. The molecule has 2 N–H and O–H groups in total. The maximum Gasteiger partial charge on any atom is 0.223 e. The van der Waals surface area contributed by atoms with Gasteiger partial charge in [-0.15, -0.1) is 0 Å². The van der Waals surface area contributed by atoms with Crippen LogP contribution in [0.1, 0.15) is 26.3 Å². The summed E-state index contributed by atoms with van der Waals surface area (Å²) in [7, 11) is 1.64. The van der Waals surface area contributed by atoms with Crippen LogP contribution < -0.4 is 15.4 Å². The Morgan fingerprint density at radius 3 is 2.63 bits per heavy atom. The highest BCUT2D eigenvalue weighted by Crippen LogP contribution is 2.37. The molecule has 2 aromatic carbocycles. The smallest absolute Gasteiger partial charge is 0.223 e. The van der Waals surface area contributed by atoms with Gasteiger partial charge in [0.05, 0.1) is 12.6 Å². The van der Waals surface area contributed by atoms with Gasteiger partial charge in [0.1, 0.15) is 5.75 Å². The van der Waals surface area contributed by atoms with Crippen molar-refractivity contribution in [3.63, 3.8) is 0 Å². The van der Waals surface area contributed by atoms with Gasteiger partial charge in [0.25, 0.3) is 0 Å². The Hall–Kier alpha value is -3.15. The number of amides is 1. The predicted molar refractivity (Wildman–Crippen MR) is 109 cm³/mol. The van der Waals surface area contributed by atoms with Gasteiger partial charge in [-0.1, -0.05) is 12.1 Å². The van der Waals surface area contributed by atoms with E-state index < -0.39 is 0 Å². The van der Waals surface area contributed by atoms with Gasteiger partial charge in [-0.2, -0.15) is 0 Å². The normalized spacial score (nSPS) is 10.9. The number of ether oxygens (including phenoxy) is 1. The van der Waals surface area contributed by atoms with Crippen molar-refractivity contribution in [2.75, 3.05) is 17.7 Å².